The molecule has 152 valence electrons. The number of amides is 1. The van der Waals surface area contributed by atoms with Crippen molar-refractivity contribution < 1.29 is 19.0 Å². The number of benzene rings is 1. The molecule has 1 amide bonds. The highest BCUT2D eigenvalue weighted by Gasteiger charge is 2.32. The van der Waals surface area contributed by atoms with Gasteiger partial charge in [0.2, 0.25) is 0 Å². The van der Waals surface area contributed by atoms with E-state index in [0.29, 0.717) is 18.9 Å². The van der Waals surface area contributed by atoms with Crippen molar-refractivity contribution in [3.05, 3.63) is 47.5 Å². The average molecular weight is 390 g/mol. The van der Waals surface area contributed by atoms with Gasteiger partial charge in [0.25, 0.3) is 5.91 Å². The molecule has 1 aliphatic rings. The largest absolute Gasteiger partial charge is 0.394 e. The van der Waals surface area contributed by atoms with Gasteiger partial charge in [-0.1, -0.05) is 25.1 Å². The van der Waals surface area contributed by atoms with Crippen LogP contribution < -0.4 is 5.32 Å². The summed E-state index contributed by atoms with van der Waals surface area (Å²) in [4.78, 5) is 12.3. The van der Waals surface area contributed by atoms with E-state index < -0.39 is 11.9 Å². The number of aryl methyl sites for hydroxylation is 1. The van der Waals surface area contributed by atoms with Gasteiger partial charge in [0.1, 0.15) is 11.9 Å². The molecule has 0 bridgehead atoms. The summed E-state index contributed by atoms with van der Waals surface area (Å²) >= 11 is 0. The molecule has 2 aromatic rings. The quantitative estimate of drug-likeness (QED) is 0.757. The fourth-order valence-electron chi connectivity index (χ4n) is 3.35. The van der Waals surface area contributed by atoms with Gasteiger partial charge in [-0.05, 0) is 43.4 Å². The van der Waals surface area contributed by atoms with Crippen LogP contribution in [0.4, 0.5) is 4.39 Å². The molecule has 7 nitrogen and oxygen atoms in total. The number of aliphatic hydroxyl groups is 1. The van der Waals surface area contributed by atoms with Crippen molar-refractivity contribution in [1.29, 1.82) is 0 Å². The van der Waals surface area contributed by atoms with Crippen molar-refractivity contribution in [2.45, 2.75) is 63.8 Å². The minimum atomic E-state index is -0.488. The van der Waals surface area contributed by atoms with Crippen LogP contribution in [0.2, 0.25) is 0 Å². The minimum absolute atomic E-state index is 0.0221. The van der Waals surface area contributed by atoms with Gasteiger partial charge in [-0.3, -0.25) is 9.48 Å². The highest BCUT2D eigenvalue weighted by atomic mass is 19.1. The zero-order chi connectivity index (χ0) is 20.1. The topological polar surface area (TPSA) is 89.3 Å². The Morgan fingerprint density at radius 3 is 2.93 bits per heavy atom. The van der Waals surface area contributed by atoms with Crippen molar-refractivity contribution in [3.63, 3.8) is 0 Å². The molecule has 1 aliphatic heterocycles. The summed E-state index contributed by atoms with van der Waals surface area (Å²) in [5.41, 5.74) is 1.21. The zero-order valence-corrected chi connectivity index (χ0v) is 16.2. The first kappa shape index (κ1) is 20.4. The average Bonchev–Trinajstić information content (AvgIpc) is 3.16. The first-order valence-corrected chi connectivity index (χ1v) is 9.69. The van der Waals surface area contributed by atoms with Crippen LogP contribution in [0.1, 0.15) is 55.1 Å². The Morgan fingerprint density at radius 1 is 1.43 bits per heavy atom. The van der Waals surface area contributed by atoms with Crippen molar-refractivity contribution in [1.82, 2.24) is 20.3 Å². The number of carbonyl (C=O) groups is 1. The van der Waals surface area contributed by atoms with Crippen LogP contribution in [0.25, 0.3) is 0 Å². The van der Waals surface area contributed by atoms with Crippen molar-refractivity contribution in [3.8, 4) is 0 Å². The molecule has 1 fully saturated rings. The van der Waals surface area contributed by atoms with E-state index in [1.165, 1.54) is 18.2 Å². The summed E-state index contributed by atoms with van der Waals surface area (Å²) in [6, 6.07) is 5.23. The Hall–Kier alpha value is -2.32. The molecule has 1 saturated heterocycles. The van der Waals surface area contributed by atoms with E-state index in [0.717, 1.165) is 18.5 Å². The minimum Gasteiger partial charge on any atom is -0.394 e. The summed E-state index contributed by atoms with van der Waals surface area (Å²) in [7, 11) is 0. The molecule has 3 rings (SSSR count). The molecule has 3 atom stereocenters. The van der Waals surface area contributed by atoms with E-state index in [1.807, 2.05) is 10.9 Å². The maximum atomic E-state index is 13.3. The molecule has 0 aliphatic carbocycles. The van der Waals surface area contributed by atoms with E-state index >= 15 is 0 Å². The van der Waals surface area contributed by atoms with Crippen LogP contribution in [-0.4, -0.2) is 50.9 Å². The second-order valence-electron chi connectivity index (χ2n) is 7.50. The molecular weight excluding hydrogens is 363 g/mol. The highest BCUT2D eigenvalue weighted by Crippen LogP contribution is 2.23. The number of aliphatic hydroxyl groups excluding tert-OH is 1. The number of aromatic nitrogens is 3. The summed E-state index contributed by atoms with van der Waals surface area (Å²) < 4.78 is 21.1. The number of nitrogens with zero attached hydrogens (tertiary/aromatic N) is 3. The molecule has 2 N–H and O–H groups in total. The summed E-state index contributed by atoms with van der Waals surface area (Å²) in [5.74, 6) is -0.491. The number of ether oxygens (including phenoxy) is 1. The molecule has 28 heavy (non-hydrogen) atoms. The van der Waals surface area contributed by atoms with Crippen LogP contribution in [0, 0.1) is 5.82 Å². The second-order valence-corrected chi connectivity index (χ2v) is 7.50. The smallest absolute Gasteiger partial charge is 0.251 e. The van der Waals surface area contributed by atoms with Crippen LogP contribution in [0.15, 0.2) is 30.5 Å². The van der Waals surface area contributed by atoms with Gasteiger partial charge >= 0.3 is 0 Å². The van der Waals surface area contributed by atoms with Gasteiger partial charge in [-0.15, -0.1) is 5.10 Å². The van der Waals surface area contributed by atoms with Crippen molar-refractivity contribution in [2.75, 3.05) is 6.61 Å². The Balaban J connectivity index is 1.52. The van der Waals surface area contributed by atoms with E-state index in [4.69, 9.17) is 4.74 Å². The van der Waals surface area contributed by atoms with Gasteiger partial charge in [0.05, 0.1) is 24.4 Å². The normalized spacial score (nSPS) is 22.4. The Bertz CT molecular complexity index is 795. The first-order valence-electron chi connectivity index (χ1n) is 9.69. The molecule has 0 spiro atoms. The van der Waals surface area contributed by atoms with E-state index in [1.54, 1.807) is 6.07 Å². The van der Waals surface area contributed by atoms with E-state index in [9.17, 15) is 14.3 Å². The molecular formula is C20H27FN4O3. The van der Waals surface area contributed by atoms with Gasteiger partial charge in [0, 0.05) is 18.3 Å². The third-order valence-corrected chi connectivity index (χ3v) is 5.03. The zero-order valence-electron chi connectivity index (χ0n) is 16.2. The third-order valence-electron chi connectivity index (χ3n) is 5.03. The van der Waals surface area contributed by atoms with Crippen molar-refractivity contribution >= 4 is 5.91 Å². The summed E-state index contributed by atoms with van der Waals surface area (Å²) in [5, 5.41) is 20.8. The van der Waals surface area contributed by atoms with E-state index in [-0.39, 0.29) is 30.2 Å². The lowest BCUT2D eigenvalue weighted by Crippen LogP contribution is -2.51. The molecule has 8 heteroatoms. The number of halogens is 1. The fourth-order valence-corrected chi connectivity index (χ4v) is 3.35. The van der Waals surface area contributed by atoms with Crippen LogP contribution in [0.5, 0.6) is 0 Å². The maximum absolute atomic E-state index is 13.3. The fraction of sp³-hybridized carbons (Fsp3) is 0.550. The molecule has 1 aromatic carbocycles. The van der Waals surface area contributed by atoms with Gasteiger partial charge in [-0.2, -0.15) is 0 Å². The number of carbonyl (C=O) groups excluding carboxylic acids is 1. The van der Waals surface area contributed by atoms with Crippen molar-refractivity contribution in [2.24, 2.45) is 0 Å². The van der Waals surface area contributed by atoms with Gasteiger partial charge in [-0.25, -0.2) is 4.39 Å². The SMILES string of the molecule is CC(C)c1cn(CC[C@@H]2CC[C@@H](NC(=O)c3cccc(F)c3)[C@H](CO)O2)nn1. The lowest BCUT2D eigenvalue weighted by atomic mass is 9.96. The first-order chi connectivity index (χ1) is 13.5. The monoisotopic (exact) mass is 390 g/mol. The summed E-state index contributed by atoms with van der Waals surface area (Å²) in [6.45, 7) is 4.64. The highest BCUT2D eigenvalue weighted by molar-refractivity contribution is 5.94. The lowest BCUT2D eigenvalue weighted by molar-refractivity contribution is -0.0912. The molecule has 0 saturated carbocycles. The number of nitrogens with one attached hydrogen (secondary N) is 1. The lowest BCUT2D eigenvalue weighted by Gasteiger charge is -2.36. The molecule has 0 unspecified atom stereocenters. The number of hydrogen-bond donors (Lipinski definition) is 2. The molecule has 0 radical (unpaired) electrons. The Morgan fingerprint density at radius 2 is 2.25 bits per heavy atom. The predicted molar refractivity (Wildman–Crippen MR) is 101 cm³/mol. The Kier molecular flexibility index (Phi) is 6.74. The second kappa shape index (κ2) is 9.25. The Labute approximate surface area is 163 Å². The van der Waals surface area contributed by atoms with Crippen LogP contribution in [0.3, 0.4) is 0 Å². The summed E-state index contributed by atoms with van der Waals surface area (Å²) in [6.07, 6.45) is 3.63. The van der Waals surface area contributed by atoms with Crippen LogP contribution in [-0.2, 0) is 11.3 Å². The standard InChI is InChI=1S/C20H27FN4O3/c1-13(2)18-11-25(24-23-18)9-8-16-6-7-17(19(12-26)28-16)22-20(27)14-4-3-5-15(21)10-14/h3-5,10-11,13,16-17,19,26H,6-9,12H2,1-2H3,(H,22,27)/t16-,17+,19-/m0/s1. The third kappa shape index (κ3) is 5.14. The van der Waals surface area contributed by atoms with Gasteiger partial charge < -0.3 is 15.2 Å². The van der Waals surface area contributed by atoms with Gasteiger partial charge in [0.15, 0.2) is 0 Å². The predicted octanol–water partition coefficient (Wildman–Crippen LogP) is 2.27. The van der Waals surface area contributed by atoms with Crippen LogP contribution >= 0.6 is 0 Å². The molecule has 2 heterocycles. The molecule has 1 aromatic heterocycles. The van der Waals surface area contributed by atoms with E-state index in [2.05, 4.69) is 29.5 Å². The number of rotatable bonds is 7. The maximum Gasteiger partial charge on any atom is 0.251 e. The number of hydrogen-bond acceptors (Lipinski definition) is 5.